The summed E-state index contributed by atoms with van der Waals surface area (Å²) in [4.78, 5) is 5.38. The van der Waals surface area contributed by atoms with Crippen molar-refractivity contribution in [3.8, 4) is 0 Å². The number of aliphatic hydroxyl groups is 1. The second-order valence-corrected chi connectivity index (χ2v) is 12.4. The first-order valence-electron chi connectivity index (χ1n) is 13.8. The minimum atomic E-state index is -0.228. The fourth-order valence-electron chi connectivity index (χ4n) is 6.16. The first-order valence-corrected chi connectivity index (χ1v) is 13.8. The summed E-state index contributed by atoms with van der Waals surface area (Å²) >= 11 is 0. The summed E-state index contributed by atoms with van der Waals surface area (Å²) in [6.45, 7) is 16.0. The van der Waals surface area contributed by atoms with E-state index in [9.17, 15) is 5.11 Å². The molecule has 2 N–H and O–H groups in total. The molecule has 2 aliphatic carbocycles. The lowest BCUT2D eigenvalue weighted by Crippen LogP contribution is -2.48. The molecule has 4 nitrogen and oxygen atoms in total. The van der Waals surface area contributed by atoms with Gasteiger partial charge in [-0.25, -0.2) is 0 Å². The number of hydrogen-bond donors (Lipinski definition) is 2. The second-order valence-electron chi connectivity index (χ2n) is 12.4. The van der Waals surface area contributed by atoms with Crippen LogP contribution in [0.4, 0.5) is 11.4 Å². The zero-order valence-electron chi connectivity index (χ0n) is 21.8. The van der Waals surface area contributed by atoms with Crippen LogP contribution in [0, 0.1) is 17.3 Å². The maximum absolute atomic E-state index is 9.70. The number of anilines is 2. The molecule has 0 radical (unpaired) electrons. The Bertz CT molecular complexity index is 739. The average molecular weight is 456 g/mol. The van der Waals surface area contributed by atoms with E-state index in [0.29, 0.717) is 17.3 Å². The predicted molar refractivity (Wildman–Crippen MR) is 141 cm³/mol. The molecule has 0 spiro atoms. The predicted octanol–water partition coefficient (Wildman–Crippen LogP) is 6.11. The van der Waals surface area contributed by atoms with Crippen LogP contribution in [-0.2, 0) is 0 Å². The number of hydrogen-bond acceptors (Lipinski definition) is 4. The first-order chi connectivity index (χ1) is 15.8. The number of nitrogens with one attached hydrogen (secondary N) is 1. The Labute approximate surface area is 203 Å². The Balaban J connectivity index is 1.44. The van der Waals surface area contributed by atoms with Crippen LogP contribution in [0.5, 0.6) is 0 Å². The highest BCUT2D eigenvalue weighted by Crippen LogP contribution is 2.45. The molecule has 33 heavy (non-hydrogen) atoms. The number of nitrogens with zero attached hydrogens (tertiary/aromatic N) is 2. The molecule has 4 heteroatoms. The monoisotopic (exact) mass is 455 g/mol. The van der Waals surface area contributed by atoms with Crippen molar-refractivity contribution in [3.05, 3.63) is 23.8 Å². The van der Waals surface area contributed by atoms with Gasteiger partial charge in [-0.2, -0.15) is 0 Å². The van der Waals surface area contributed by atoms with Crippen LogP contribution < -0.4 is 10.2 Å². The lowest BCUT2D eigenvalue weighted by molar-refractivity contribution is 0.166. The van der Waals surface area contributed by atoms with Gasteiger partial charge in [0.15, 0.2) is 0 Å². The molecule has 2 saturated carbocycles. The van der Waals surface area contributed by atoms with E-state index >= 15 is 0 Å². The third-order valence-electron chi connectivity index (χ3n) is 8.66. The summed E-state index contributed by atoms with van der Waals surface area (Å²) in [5, 5.41) is 13.4. The highest BCUT2D eigenvalue weighted by Gasteiger charge is 2.31. The summed E-state index contributed by atoms with van der Waals surface area (Å²) in [5.41, 5.74) is 4.81. The summed E-state index contributed by atoms with van der Waals surface area (Å²) in [5.74, 6) is 2.12. The Kier molecular flexibility index (Phi) is 8.28. The summed E-state index contributed by atoms with van der Waals surface area (Å²) < 4.78 is 0. The standard InChI is InChI=1S/C29H49N3O/c1-22(18-23(2)33)20-30-26-8-9-28(27(19-26)25-10-12-29(3,4)13-11-25)32-16-14-31(15-17-32)21-24-6-5-7-24/h8-9,19,22-25,30,33H,5-7,10-18,20-21H2,1-4H3. The smallest absolute Gasteiger partial charge is 0.0515 e. The fraction of sp³-hybridized carbons (Fsp3) is 0.793. The third kappa shape index (κ3) is 6.88. The van der Waals surface area contributed by atoms with Crippen LogP contribution in [0.25, 0.3) is 0 Å². The van der Waals surface area contributed by atoms with Gasteiger partial charge in [-0.3, -0.25) is 4.90 Å². The van der Waals surface area contributed by atoms with E-state index in [4.69, 9.17) is 0 Å². The minimum Gasteiger partial charge on any atom is -0.393 e. The van der Waals surface area contributed by atoms with E-state index in [1.807, 2.05) is 6.92 Å². The van der Waals surface area contributed by atoms with Crippen molar-refractivity contribution in [2.45, 2.75) is 91.1 Å². The molecule has 1 aromatic rings. The number of rotatable bonds is 9. The molecule has 2 atom stereocenters. The Morgan fingerprint density at radius 3 is 2.33 bits per heavy atom. The molecule has 1 saturated heterocycles. The Morgan fingerprint density at radius 1 is 1.03 bits per heavy atom. The molecule has 2 unspecified atom stereocenters. The number of aliphatic hydroxyl groups excluding tert-OH is 1. The second kappa shape index (κ2) is 11.0. The van der Waals surface area contributed by atoms with Crippen molar-refractivity contribution in [3.63, 3.8) is 0 Å². The lowest BCUT2D eigenvalue weighted by Gasteiger charge is -2.41. The molecular weight excluding hydrogens is 406 g/mol. The van der Waals surface area contributed by atoms with Crippen molar-refractivity contribution >= 4 is 11.4 Å². The fourth-order valence-corrected chi connectivity index (χ4v) is 6.16. The van der Waals surface area contributed by atoms with Crippen LogP contribution in [-0.4, -0.2) is 55.4 Å². The topological polar surface area (TPSA) is 38.7 Å². The van der Waals surface area contributed by atoms with Crippen molar-refractivity contribution < 1.29 is 5.11 Å². The molecule has 0 amide bonds. The molecule has 0 aromatic heterocycles. The zero-order chi connectivity index (χ0) is 23.4. The quantitative estimate of drug-likeness (QED) is 0.471. The van der Waals surface area contributed by atoms with Gasteiger partial charge in [0.05, 0.1) is 6.10 Å². The Hall–Kier alpha value is -1.26. The highest BCUT2D eigenvalue weighted by atomic mass is 16.3. The van der Waals surface area contributed by atoms with Gasteiger partial charge in [-0.05, 0) is 98.8 Å². The van der Waals surface area contributed by atoms with Crippen LogP contribution in [0.2, 0.25) is 0 Å². The summed E-state index contributed by atoms with van der Waals surface area (Å²) in [6, 6.07) is 7.16. The van der Waals surface area contributed by atoms with E-state index in [1.165, 1.54) is 76.0 Å². The maximum atomic E-state index is 9.70. The van der Waals surface area contributed by atoms with Gasteiger partial charge in [0, 0.05) is 50.6 Å². The summed E-state index contributed by atoms with van der Waals surface area (Å²) in [6.07, 6.45) is 10.2. The van der Waals surface area contributed by atoms with Crippen molar-refractivity contribution in [2.75, 3.05) is 49.5 Å². The van der Waals surface area contributed by atoms with Gasteiger partial charge >= 0.3 is 0 Å². The van der Waals surface area contributed by atoms with Crippen LogP contribution in [0.3, 0.4) is 0 Å². The minimum absolute atomic E-state index is 0.228. The van der Waals surface area contributed by atoms with Crippen molar-refractivity contribution in [1.82, 2.24) is 4.90 Å². The molecule has 0 bridgehead atoms. The zero-order valence-corrected chi connectivity index (χ0v) is 21.8. The number of benzene rings is 1. The third-order valence-corrected chi connectivity index (χ3v) is 8.66. The SMILES string of the molecule is CC(O)CC(C)CNc1ccc(N2CCN(CC3CCC3)CC2)c(C2CCC(C)(C)CC2)c1. The van der Waals surface area contributed by atoms with E-state index in [-0.39, 0.29) is 6.10 Å². The van der Waals surface area contributed by atoms with E-state index < -0.39 is 0 Å². The largest absolute Gasteiger partial charge is 0.393 e. The van der Waals surface area contributed by atoms with E-state index in [2.05, 4.69) is 54.1 Å². The molecular formula is C29H49N3O. The van der Waals surface area contributed by atoms with Gasteiger partial charge in [0.1, 0.15) is 0 Å². The Morgan fingerprint density at radius 2 is 1.73 bits per heavy atom. The average Bonchev–Trinajstić information content (AvgIpc) is 2.75. The normalized spacial score (nSPS) is 24.3. The first kappa shape index (κ1) is 24.9. The molecule has 4 rings (SSSR count). The van der Waals surface area contributed by atoms with Gasteiger partial charge in [0.25, 0.3) is 0 Å². The molecule has 1 aromatic carbocycles. The van der Waals surface area contributed by atoms with Gasteiger partial charge in [-0.1, -0.05) is 27.2 Å². The molecule has 3 fully saturated rings. The molecule has 1 heterocycles. The van der Waals surface area contributed by atoms with Crippen LogP contribution in [0.1, 0.15) is 90.5 Å². The van der Waals surface area contributed by atoms with Gasteiger partial charge in [0.2, 0.25) is 0 Å². The van der Waals surface area contributed by atoms with Crippen LogP contribution in [0.15, 0.2) is 18.2 Å². The van der Waals surface area contributed by atoms with Gasteiger partial charge < -0.3 is 15.3 Å². The maximum Gasteiger partial charge on any atom is 0.0515 e. The van der Waals surface area contributed by atoms with Crippen LogP contribution >= 0.6 is 0 Å². The van der Waals surface area contributed by atoms with Crippen molar-refractivity contribution in [2.24, 2.45) is 17.3 Å². The van der Waals surface area contributed by atoms with Crippen molar-refractivity contribution in [1.29, 1.82) is 0 Å². The van der Waals surface area contributed by atoms with E-state index in [1.54, 1.807) is 5.56 Å². The highest BCUT2D eigenvalue weighted by molar-refractivity contribution is 5.63. The van der Waals surface area contributed by atoms with Gasteiger partial charge in [-0.15, -0.1) is 0 Å². The lowest BCUT2D eigenvalue weighted by atomic mass is 9.71. The van der Waals surface area contributed by atoms with E-state index in [0.717, 1.165) is 32.0 Å². The molecule has 3 aliphatic rings. The number of piperazine rings is 1. The molecule has 186 valence electrons. The summed E-state index contributed by atoms with van der Waals surface area (Å²) in [7, 11) is 0. The molecule has 1 aliphatic heterocycles.